The fraction of sp³-hybridized carbons (Fsp3) is 0.304. The molecule has 2 aromatic carbocycles. The number of rotatable bonds is 3. The van der Waals surface area contributed by atoms with E-state index in [9.17, 15) is 14.4 Å². The van der Waals surface area contributed by atoms with Crippen LogP contribution < -0.4 is 10.5 Å². The number of amides is 2. The van der Waals surface area contributed by atoms with Gasteiger partial charge in [0.05, 0.1) is 22.2 Å². The number of H-pyrrole nitrogens is 1. The van der Waals surface area contributed by atoms with Gasteiger partial charge in [0.1, 0.15) is 0 Å². The van der Waals surface area contributed by atoms with Crippen molar-refractivity contribution in [2.45, 2.75) is 38.5 Å². The molecule has 1 saturated heterocycles. The minimum absolute atomic E-state index is 0.0511. The fourth-order valence-corrected chi connectivity index (χ4v) is 4.80. The molecule has 1 N–H and O–H groups in total. The summed E-state index contributed by atoms with van der Waals surface area (Å²) in [6, 6.07) is 14.9. The summed E-state index contributed by atoms with van der Waals surface area (Å²) in [5.41, 5.74) is 1.61. The summed E-state index contributed by atoms with van der Waals surface area (Å²) in [5, 5.41) is 8.19. The molecule has 5 rings (SSSR count). The van der Waals surface area contributed by atoms with Crippen LogP contribution in [0.3, 0.4) is 0 Å². The van der Waals surface area contributed by atoms with E-state index in [1.165, 1.54) is 4.90 Å². The first-order valence-electron chi connectivity index (χ1n) is 10.0. The second-order valence-electron chi connectivity index (χ2n) is 8.09. The molecule has 6 nitrogen and oxygen atoms in total. The number of imide groups is 1. The smallest absolute Gasteiger partial charge is 0.272 e. The molecule has 3 aromatic rings. The molecule has 1 aliphatic heterocycles. The van der Waals surface area contributed by atoms with E-state index < -0.39 is 5.41 Å². The van der Waals surface area contributed by atoms with Crippen LogP contribution in [0.2, 0.25) is 0 Å². The zero-order valence-corrected chi connectivity index (χ0v) is 16.0. The van der Waals surface area contributed by atoms with Gasteiger partial charge in [-0.25, -0.2) is 5.10 Å². The molecule has 6 heteroatoms. The molecule has 0 radical (unpaired) electrons. The van der Waals surface area contributed by atoms with Crippen LogP contribution in [0.25, 0.3) is 10.8 Å². The van der Waals surface area contributed by atoms with Crippen molar-refractivity contribution in [3.05, 3.63) is 70.1 Å². The first-order chi connectivity index (χ1) is 14.1. The molecule has 29 heavy (non-hydrogen) atoms. The standard InChI is InChI=1S/C23H21N3O3/c27-20-14-23(10-3-4-11-23)22(29)26(20)16-7-5-6-15(12-16)13-19-17-8-1-2-9-18(17)21(28)25-24-19/h1-2,5-9,12H,3-4,10-11,13-14H2,(H,25,28). The Hall–Kier alpha value is -3.28. The Morgan fingerprint density at radius 3 is 2.52 bits per heavy atom. The summed E-state index contributed by atoms with van der Waals surface area (Å²) in [5.74, 6) is -0.161. The molecule has 146 valence electrons. The minimum Gasteiger partial charge on any atom is -0.274 e. The number of anilines is 1. The molecule has 1 saturated carbocycles. The van der Waals surface area contributed by atoms with E-state index in [0.29, 0.717) is 23.9 Å². The normalized spacial score (nSPS) is 18.3. The SMILES string of the molecule is O=C1CC2(CCCC2)C(=O)N1c1cccc(Cc2n[nH]c(=O)c3ccccc23)c1. The lowest BCUT2D eigenvalue weighted by Crippen LogP contribution is -2.34. The maximum absolute atomic E-state index is 13.1. The quantitative estimate of drug-likeness (QED) is 0.699. The Balaban J connectivity index is 1.49. The Kier molecular flexibility index (Phi) is 4.08. The van der Waals surface area contributed by atoms with Gasteiger partial charge in [-0.15, -0.1) is 0 Å². The molecule has 0 atom stereocenters. The zero-order valence-electron chi connectivity index (χ0n) is 16.0. The van der Waals surface area contributed by atoms with Gasteiger partial charge in [0.25, 0.3) is 5.56 Å². The molecule has 0 bridgehead atoms. The summed E-state index contributed by atoms with van der Waals surface area (Å²) in [6.45, 7) is 0. The predicted octanol–water partition coefficient (Wildman–Crippen LogP) is 3.34. The number of benzene rings is 2. The number of carbonyl (C=O) groups excluding carboxylic acids is 2. The van der Waals surface area contributed by atoms with Crippen molar-refractivity contribution in [2.75, 3.05) is 4.90 Å². The third kappa shape index (κ3) is 2.87. The van der Waals surface area contributed by atoms with Gasteiger partial charge in [-0.2, -0.15) is 5.10 Å². The Labute approximate surface area is 167 Å². The third-order valence-electron chi connectivity index (χ3n) is 6.27. The molecular weight excluding hydrogens is 366 g/mol. The highest BCUT2D eigenvalue weighted by Gasteiger charge is 2.53. The molecule has 2 heterocycles. The number of nitrogens with one attached hydrogen (secondary N) is 1. The minimum atomic E-state index is -0.482. The van der Waals surface area contributed by atoms with Crippen LogP contribution in [0.4, 0.5) is 5.69 Å². The van der Waals surface area contributed by atoms with Gasteiger partial charge in [-0.3, -0.25) is 19.3 Å². The van der Waals surface area contributed by atoms with Gasteiger partial charge in [-0.1, -0.05) is 43.2 Å². The number of nitrogens with zero attached hydrogens (tertiary/aromatic N) is 2. The molecule has 1 aromatic heterocycles. The van der Waals surface area contributed by atoms with Gasteiger partial charge in [-0.05, 0) is 36.6 Å². The summed E-state index contributed by atoms with van der Waals surface area (Å²) in [4.78, 5) is 39.1. The molecule has 0 unspecified atom stereocenters. The molecular formula is C23H21N3O3. The van der Waals surface area contributed by atoms with Crippen molar-refractivity contribution in [3.63, 3.8) is 0 Å². The van der Waals surface area contributed by atoms with E-state index in [0.717, 1.165) is 42.3 Å². The Morgan fingerprint density at radius 2 is 1.72 bits per heavy atom. The molecule has 1 aliphatic carbocycles. The number of carbonyl (C=O) groups is 2. The maximum Gasteiger partial charge on any atom is 0.272 e. The topological polar surface area (TPSA) is 83.1 Å². The molecule has 2 aliphatic rings. The Bertz CT molecular complexity index is 1190. The number of fused-ring (bicyclic) bond motifs is 1. The lowest BCUT2D eigenvalue weighted by Gasteiger charge is -2.21. The summed E-state index contributed by atoms with van der Waals surface area (Å²) in [6.07, 6.45) is 4.45. The summed E-state index contributed by atoms with van der Waals surface area (Å²) >= 11 is 0. The van der Waals surface area contributed by atoms with Gasteiger partial charge in [0.15, 0.2) is 0 Å². The van der Waals surface area contributed by atoms with Crippen molar-refractivity contribution in [1.82, 2.24) is 10.2 Å². The van der Waals surface area contributed by atoms with Crippen molar-refractivity contribution in [2.24, 2.45) is 5.41 Å². The number of aromatic nitrogens is 2. The van der Waals surface area contributed by atoms with E-state index in [1.54, 1.807) is 6.07 Å². The summed E-state index contributed by atoms with van der Waals surface area (Å²) < 4.78 is 0. The van der Waals surface area contributed by atoms with E-state index in [4.69, 9.17) is 0 Å². The molecule has 2 amide bonds. The van der Waals surface area contributed by atoms with E-state index >= 15 is 0 Å². The van der Waals surface area contributed by atoms with Gasteiger partial charge in [0.2, 0.25) is 11.8 Å². The molecule has 1 spiro atoms. The monoisotopic (exact) mass is 387 g/mol. The van der Waals surface area contributed by atoms with Gasteiger partial charge >= 0.3 is 0 Å². The van der Waals surface area contributed by atoms with Crippen molar-refractivity contribution in [3.8, 4) is 0 Å². The fourth-order valence-electron chi connectivity index (χ4n) is 4.80. The molecule has 2 fully saturated rings. The van der Waals surface area contributed by atoms with Crippen LogP contribution >= 0.6 is 0 Å². The average molecular weight is 387 g/mol. The number of hydrogen-bond donors (Lipinski definition) is 1. The van der Waals surface area contributed by atoms with Crippen LogP contribution in [0.5, 0.6) is 0 Å². The van der Waals surface area contributed by atoms with Gasteiger partial charge in [0, 0.05) is 18.2 Å². The lowest BCUT2D eigenvalue weighted by molar-refractivity contribution is -0.125. The van der Waals surface area contributed by atoms with Crippen LogP contribution in [0.15, 0.2) is 53.3 Å². The number of hydrogen-bond acceptors (Lipinski definition) is 4. The van der Waals surface area contributed by atoms with Crippen LogP contribution in [0, 0.1) is 5.41 Å². The largest absolute Gasteiger partial charge is 0.274 e. The highest BCUT2D eigenvalue weighted by atomic mass is 16.2. The van der Waals surface area contributed by atoms with Crippen LogP contribution in [-0.2, 0) is 16.0 Å². The summed E-state index contributed by atoms with van der Waals surface area (Å²) in [7, 11) is 0. The van der Waals surface area contributed by atoms with Crippen LogP contribution in [-0.4, -0.2) is 22.0 Å². The van der Waals surface area contributed by atoms with Crippen LogP contribution in [0.1, 0.15) is 43.4 Å². The van der Waals surface area contributed by atoms with Crippen molar-refractivity contribution < 1.29 is 9.59 Å². The van der Waals surface area contributed by atoms with Crippen molar-refractivity contribution in [1.29, 1.82) is 0 Å². The van der Waals surface area contributed by atoms with E-state index in [2.05, 4.69) is 10.2 Å². The first-order valence-corrected chi connectivity index (χ1v) is 10.0. The average Bonchev–Trinajstić information content (AvgIpc) is 3.29. The van der Waals surface area contributed by atoms with E-state index in [1.807, 2.05) is 42.5 Å². The van der Waals surface area contributed by atoms with Crippen molar-refractivity contribution >= 4 is 28.3 Å². The second kappa shape index (κ2) is 6.65. The highest BCUT2D eigenvalue weighted by Crippen LogP contribution is 2.48. The zero-order chi connectivity index (χ0) is 20.0. The van der Waals surface area contributed by atoms with E-state index in [-0.39, 0.29) is 17.4 Å². The lowest BCUT2D eigenvalue weighted by atomic mass is 9.84. The predicted molar refractivity (Wildman–Crippen MR) is 110 cm³/mol. The second-order valence-corrected chi connectivity index (χ2v) is 8.09. The third-order valence-corrected chi connectivity index (χ3v) is 6.27. The first kappa shape index (κ1) is 17.8. The number of aromatic amines is 1. The highest BCUT2D eigenvalue weighted by molar-refractivity contribution is 6.22. The van der Waals surface area contributed by atoms with Gasteiger partial charge < -0.3 is 0 Å². The maximum atomic E-state index is 13.1. The Morgan fingerprint density at radius 1 is 0.966 bits per heavy atom.